The van der Waals surface area contributed by atoms with Crippen LogP contribution in [0.5, 0.6) is 5.75 Å². The molecule has 0 amide bonds. The van der Waals surface area contributed by atoms with Gasteiger partial charge in [-0.25, -0.2) is 4.79 Å². The van der Waals surface area contributed by atoms with Crippen LogP contribution < -0.4 is 4.74 Å². The smallest absolute Gasteiger partial charge is 0.331 e. The molecule has 1 aliphatic carbocycles. The van der Waals surface area contributed by atoms with Crippen LogP contribution in [-0.2, 0) is 16.0 Å². The molecule has 0 saturated carbocycles. The molecule has 0 radical (unpaired) electrons. The number of ether oxygens (including phenoxy) is 2. The molecule has 4 nitrogen and oxygen atoms in total. The molecule has 0 saturated heterocycles. The van der Waals surface area contributed by atoms with Crippen molar-refractivity contribution in [2.45, 2.75) is 6.42 Å². The van der Waals surface area contributed by atoms with Crippen LogP contribution >= 0.6 is 0 Å². The van der Waals surface area contributed by atoms with E-state index in [1.165, 1.54) is 17.2 Å². The Bertz CT molecular complexity index is 1110. The summed E-state index contributed by atoms with van der Waals surface area (Å²) in [6, 6.07) is 21.2. The van der Waals surface area contributed by atoms with Gasteiger partial charge >= 0.3 is 5.97 Å². The van der Waals surface area contributed by atoms with Gasteiger partial charge in [0.2, 0.25) is 0 Å². The lowest BCUT2D eigenvalue weighted by molar-refractivity contribution is -0.136. The van der Waals surface area contributed by atoms with Gasteiger partial charge in [0, 0.05) is 11.6 Å². The second kappa shape index (κ2) is 8.15. The average Bonchev–Trinajstić information content (AvgIpc) is 3.14. The first-order valence-electron chi connectivity index (χ1n) is 9.37. The number of carbonyl (C=O) groups excluding carboxylic acids is 2. The number of ketones is 1. The summed E-state index contributed by atoms with van der Waals surface area (Å²) in [6.07, 6.45) is 3.81. The predicted octanol–water partition coefficient (Wildman–Crippen LogP) is 4.71. The second-order valence-corrected chi connectivity index (χ2v) is 6.85. The molecule has 0 unspecified atom stereocenters. The number of methoxy groups -OCH3 is 1. The van der Waals surface area contributed by atoms with Gasteiger partial charge in [-0.3, -0.25) is 4.79 Å². The highest BCUT2D eigenvalue weighted by atomic mass is 16.5. The third kappa shape index (κ3) is 4.11. The first-order valence-corrected chi connectivity index (χ1v) is 9.37. The summed E-state index contributed by atoms with van der Waals surface area (Å²) in [6.45, 7) is -0.290. The molecule has 3 aromatic rings. The lowest BCUT2D eigenvalue weighted by atomic mass is 10.0. The van der Waals surface area contributed by atoms with E-state index in [0.29, 0.717) is 11.3 Å². The van der Waals surface area contributed by atoms with Crippen molar-refractivity contribution in [3.05, 3.63) is 95.1 Å². The molecule has 4 heteroatoms. The molecule has 4 rings (SSSR count). The topological polar surface area (TPSA) is 52.6 Å². The third-order valence-electron chi connectivity index (χ3n) is 4.97. The Hall–Kier alpha value is -3.66. The summed E-state index contributed by atoms with van der Waals surface area (Å²) in [5.41, 5.74) is 6.07. The number of fused-ring (bicyclic) bond motifs is 3. The molecule has 0 N–H and O–H groups in total. The Morgan fingerprint density at radius 1 is 0.931 bits per heavy atom. The highest BCUT2D eigenvalue weighted by Crippen LogP contribution is 2.36. The lowest BCUT2D eigenvalue weighted by Crippen LogP contribution is -2.12. The normalized spacial score (nSPS) is 11.8. The van der Waals surface area contributed by atoms with E-state index in [0.717, 1.165) is 23.1 Å². The highest BCUT2D eigenvalue weighted by molar-refractivity contribution is 6.00. The maximum Gasteiger partial charge on any atom is 0.331 e. The molecule has 3 aromatic carbocycles. The van der Waals surface area contributed by atoms with E-state index in [2.05, 4.69) is 12.1 Å². The molecule has 144 valence electrons. The summed E-state index contributed by atoms with van der Waals surface area (Å²) in [5, 5.41) is 0. The Kier molecular flexibility index (Phi) is 5.25. The van der Waals surface area contributed by atoms with Crippen LogP contribution in [0.1, 0.15) is 27.0 Å². The summed E-state index contributed by atoms with van der Waals surface area (Å²) in [7, 11) is 1.58. The van der Waals surface area contributed by atoms with Crippen LogP contribution in [0.4, 0.5) is 0 Å². The van der Waals surface area contributed by atoms with E-state index in [1.807, 2.05) is 42.5 Å². The van der Waals surface area contributed by atoms with Crippen LogP contribution in [0.15, 0.2) is 72.8 Å². The summed E-state index contributed by atoms with van der Waals surface area (Å²) in [5.74, 6) is -0.0816. The Labute approximate surface area is 169 Å². The molecule has 0 spiro atoms. The number of hydrogen-bond acceptors (Lipinski definition) is 4. The van der Waals surface area contributed by atoms with Crippen molar-refractivity contribution in [3.8, 4) is 16.9 Å². The van der Waals surface area contributed by atoms with E-state index in [-0.39, 0.29) is 12.4 Å². The summed E-state index contributed by atoms with van der Waals surface area (Å²) >= 11 is 0. The molecule has 0 aliphatic heterocycles. The molecule has 0 atom stereocenters. The number of benzene rings is 3. The number of carbonyl (C=O) groups is 2. The highest BCUT2D eigenvalue weighted by Gasteiger charge is 2.19. The van der Waals surface area contributed by atoms with Gasteiger partial charge in [-0.2, -0.15) is 0 Å². The van der Waals surface area contributed by atoms with Gasteiger partial charge in [-0.15, -0.1) is 0 Å². The molecule has 0 aromatic heterocycles. The van der Waals surface area contributed by atoms with E-state index >= 15 is 0 Å². The van der Waals surface area contributed by atoms with Crippen molar-refractivity contribution < 1.29 is 19.1 Å². The van der Waals surface area contributed by atoms with Crippen LogP contribution in [0.2, 0.25) is 0 Å². The molecule has 0 fully saturated rings. The largest absolute Gasteiger partial charge is 0.497 e. The molecular weight excluding hydrogens is 364 g/mol. The fraction of sp³-hybridized carbons (Fsp3) is 0.120. The van der Waals surface area contributed by atoms with Crippen LogP contribution in [-0.4, -0.2) is 25.5 Å². The standard InChI is InChI=1S/C25H20O4/c1-28-21-7-4-5-17(13-21)9-12-25(27)29-16-24(26)20-11-10-19-14-18-6-2-3-8-22(18)23(19)15-20/h2-13,15H,14,16H2,1H3/b12-9+. The van der Waals surface area contributed by atoms with Gasteiger partial charge in [0.1, 0.15) is 5.75 Å². The van der Waals surface area contributed by atoms with Gasteiger partial charge in [0.15, 0.2) is 12.4 Å². The van der Waals surface area contributed by atoms with Gasteiger partial charge in [-0.1, -0.05) is 48.5 Å². The van der Waals surface area contributed by atoms with Crippen LogP contribution in [0.25, 0.3) is 17.2 Å². The monoisotopic (exact) mass is 384 g/mol. The van der Waals surface area contributed by atoms with Crippen molar-refractivity contribution in [2.75, 3.05) is 13.7 Å². The number of rotatable bonds is 6. The number of hydrogen-bond donors (Lipinski definition) is 0. The first kappa shape index (κ1) is 18.7. The quantitative estimate of drug-likeness (QED) is 0.275. The fourth-order valence-electron chi connectivity index (χ4n) is 3.47. The minimum atomic E-state index is -0.562. The molecule has 0 bridgehead atoms. The van der Waals surface area contributed by atoms with Crippen LogP contribution in [0, 0.1) is 0 Å². The first-order chi connectivity index (χ1) is 14.1. The van der Waals surface area contributed by atoms with Gasteiger partial charge in [0.05, 0.1) is 7.11 Å². The minimum absolute atomic E-state index is 0.222. The maximum atomic E-state index is 12.5. The second-order valence-electron chi connectivity index (χ2n) is 6.85. The zero-order valence-electron chi connectivity index (χ0n) is 16.1. The Balaban J connectivity index is 1.39. The summed E-state index contributed by atoms with van der Waals surface area (Å²) in [4.78, 5) is 24.5. The van der Waals surface area contributed by atoms with Crippen molar-refractivity contribution in [3.63, 3.8) is 0 Å². The van der Waals surface area contributed by atoms with Crippen molar-refractivity contribution in [1.29, 1.82) is 0 Å². The SMILES string of the molecule is COc1cccc(/C=C/C(=O)OCC(=O)c2ccc3c(c2)-c2ccccc2C3)c1. The van der Waals surface area contributed by atoms with Crippen LogP contribution in [0.3, 0.4) is 0 Å². The van der Waals surface area contributed by atoms with E-state index in [4.69, 9.17) is 9.47 Å². The van der Waals surface area contributed by atoms with Gasteiger partial charge < -0.3 is 9.47 Å². The fourth-order valence-corrected chi connectivity index (χ4v) is 3.47. The molecule has 0 heterocycles. The van der Waals surface area contributed by atoms with E-state index in [9.17, 15) is 9.59 Å². The van der Waals surface area contributed by atoms with E-state index in [1.54, 1.807) is 25.3 Å². The van der Waals surface area contributed by atoms with Gasteiger partial charge in [0.25, 0.3) is 0 Å². The maximum absolute atomic E-state index is 12.5. The summed E-state index contributed by atoms with van der Waals surface area (Å²) < 4.78 is 10.3. The van der Waals surface area contributed by atoms with Crippen molar-refractivity contribution >= 4 is 17.8 Å². The molecule has 1 aliphatic rings. The minimum Gasteiger partial charge on any atom is -0.497 e. The Morgan fingerprint density at radius 3 is 2.62 bits per heavy atom. The predicted molar refractivity (Wildman–Crippen MR) is 112 cm³/mol. The lowest BCUT2D eigenvalue weighted by Gasteiger charge is -2.06. The molecular formula is C25H20O4. The van der Waals surface area contributed by atoms with E-state index < -0.39 is 5.97 Å². The zero-order chi connectivity index (χ0) is 20.2. The average molecular weight is 384 g/mol. The number of esters is 1. The third-order valence-corrected chi connectivity index (χ3v) is 4.97. The number of Topliss-reactive ketones (excluding diaryl/α,β-unsaturated/α-hetero) is 1. The van der Waals surface area contributed by atoms with Crippen molar-refractivity contribution in [1.82, 2.24) is 0 Å². The Morgan fingerprint density at radius 2 is 1.76 bits per heavy atom. The molecule has 29 heavy (non-hydrogen) atoms. The van der Waals surface area contributed by atoms with Crippen molar-refractivity contribution in [2.24, 2.45) is 0 Å². The van der Waals surface area contributed by atoms with Gasteiger partial charge in [-0.05, 0) is 58.5 Å². The zero-order valence-corrected chi connectivity index (χ0v) is 16.1.